The molecule has 0 saturated carbocycles. The normalized spacial score (nSPS) is 20.4. The van der Waals surface area contributed by atoms with Gasteiger partial charge in [-0.1, -0.05) is 20.3 Å². The fraction of sp³-hybridized carbons (Fsp3) is 0.706. The highest BCUT2D eigenvalue weighted by atomic mass is 15.2. The van der Waals surface area contributed by atoms with Gasteiger partial charge < -0.3 is 5.73 Å². The summed E-state index contributed by atoms with van der Waals surface area (Å²) in [4.78, 5) is 6.77. The molecule has 0 aliphatic carbocycles. The summed E-state index contributed by atoms with van der Waals surface area (Å²) in [5, 5.41) is 0. The number of hydrogen-bond acceptors (Lipinski definition) is 3. The molecular weight excluding hydrogens is 246 g/mol. The highest BCUT2D eigenvalue weighted by Crippen LogP contribution is 2.32. The molecule has 0 radical (unpaired) electrons. The lowest BCUT2D eigenvalue weighted by atomic mass is 9.87. The van der Waals surface area contributed by atoms with Gasteiger partial charge >= 0.3 is 0 Å². The van der Waals surface area contributed by atoms with Crippen molar-refractivity contribution < 1.29 is 0 Å². The molecule has 1 aromatic rings. The van der Waals surface area contributed by atoms with E-state index in [-0.39, 0.29) is 0 Å². The van der Waals surface area contributed by atoms with Crippen LogP contribution in [0.1, 0.15) is 57.6 Å². The van der Waals surface area contributed by atoms with Crippen LogP contribution in [0.4, 0.5) is 0 Å². The Morgan fingerprint density at radius 3 is 2.75 bits per heavy atom. The molecule has 1 aliphatic rings. The van der Waals surface area contributed by atoms with Crippen molar-refractivity contribution in [1.82, 2.24) is 9.88 Å². The molecule has 3 heteroatoms. The number of aromatic nitrogens is 1. The largest absolute Gasteiger partial charge is 0.330 e. The van der Waals surface area contributed by atoms with Gasteiger partial charge in [0.15, 0.2) is 0 Å². The zero-order chi connectivity index (χ0) is 14.4. The number of rotatable bonds is 7. The first-order valence-corrected chi connectivity index (χ1v) is 7.96. The molecule has 1 aromatic heterocycles. The van der Waals surface area contributed by atoms with Crippen LogP contribution >= 0.6 is 0 Å². The van der Waals surface area contributed by atoms with E-state index in [4.69, 9.17) is 5.73 Å². The molecule has 2 N–H and O–H groups in total. The summed E-state index contributed by atoms with van der Waals surface area (Å²) >= 11 is 0. The second kappa shape index (κ2) is 7.19. The van der Waals surface area contributed by atoms with E-state index in [1.807, 2.05) is 12.4 Å². The van der Waals surface area contributed by atoms with Crippen LogP contribution in [0.15, 0.2) is 24.5 Å². The van der Waals surface area contributed by atoms with Gasteiger partial charge in [0.1, 0.15) is 0 Å². The topological polar surface area (TPSA) is 42.1 Å². The summed E-state index contributed by atoms with van der Waals surface area (Å²) < 4.78 is 0. The Labute approximate surface area is 123 Å². The Bertz CT molecular complexity index is 388. The standard InChI is InChI=1S/C17H29N3/c1-17(2,14-18)9-3-4-12-20-13-5-6-16(20)15-7-10-19-11-8-15/h7-8,10-11,16H,3-6,9,12-14,18H2,1-2H3. The van der Waals surface area contributed by atoms with Crippen molar-refractivity contribution in [3.63, 3.8) is 0 Å². The number of unbranched alkanes of at least 4 members (excludes halogenated alkanes) is 1. The van der Waals surface area contributed by atoms with Crippen molar-refractivity contribution in [3.8, 4) is 0 Å². The predicted molar refractivity (Wildman–Crippen MR) is 84.5 cm³/mol. The Balaban J connectivity index is 1.78. The first-order valence-electron chi connectivity index (χ1n) is 7.96. The van der Waals surface area contributed by atoms with E-state index in [1.165, 1.54) is 50.8 Å². The monoisotopic (exact) mass is 275 g/mol. The summed E-state index contributed by atoms with van der Waals surface area (Å²) in [6, 6.07) is 4.95. The van der Waals surface area contributed by atoms with Crippen LogP contribution in [0.5, 0.6) is 0 Å². The molecule has 0 spiro atoms. The first kappa shape index (κ1) is 15.5. The molecule has 2 heterocycles. The summed E-state index contributed by atoms with van der Waals surface area (Å²) in [5.74, 6) is 0. The zero-order valence-corrected chi connectivity index (χ0v) is 13.0. The molecule has 1 aliphatic heterocycles. The van der Waals surface area contributed by atoms with Crippen LogP contribution in [0, 0.1) is 5.41 Å². The second-order valence-corrected chi connectivity index (χ2v) is 6.80. The summed E-state index contributed by atoms with van der Waals surface area (Å²) in [7, 11) is 0. The van der Waals surface area contributed by atoms with Crippen LogP contribution in [0.3, 0.4) is 0 Å². The molecule has 20 heavy (non-hydrogen) atoms. The molecular formula is C17H29N3. The van der Waals surface area contributed by atoms with Crippen molar-refractivity contribution >= 4 is 0 Å². The van der Waals surface area contributed by atoms with E-state index in [0.29, 0.717) is 11.5 Å². The maximum atomic E-state index is 5.79. The number of likely N-dealkylation sites (tertiary alicyclic amines) is 1. The van der Waals surface area contributed by atoms with Crippen molar-refractivity contribution in [3.05, 3.63) is 30.1 Å². The number of nitrogens with two attached hydrogens (primary N) is 1. The van der Waals surface area contributed by atoms with E-state index in [0.717, 1.165) is 6.54 Å². The van der Waals surface area contributed by atoms with E-state index < -0.39 is 0 Å². The molecule has 1 unspecified atom stereocenters. The molecule has 112 valence electrons. The maximum absolute atomic E-state index is 5.79. The SMILES string of the molecule is CC(C)(CN)CCCCN1CCCC1c1ccncc1. The minimum atomic E-state index is 0.301. The van der Waals surface area contributed by atoms with Gasteiger partial charge in [-0.3, -0.25) is 9.88 Å². The van der Waals surface area contributed by atoms with Crippen LogP contribution in [-0.4, -0.2) is 29.5 Å². The van der Waals surface area contributed by atoms with Gasteiger partial charge in [-0.2, -0.15) is 0 Å². The second-order valence-electron chi connectivity index (χ2n) is 6.80. The van der Waals surface area contributed by atoms with E-state index in [2.05, 4.69) is 35.9 Å². The molecule has 1 fully saturated rings. The Morgan fingerprint density at radius 1 is 1.30 bits per heavy atom. The lowest BCUT2D eigenvalue weighted by Crippen LogP contribution is -2.26. The zero-order valence-electron chi connectivity index (χ0n) is 13.0. The van der Waals surface area contributed by atoms with Crippen LogP contribution in [0.2, 0.25) is 0 Å². The maximum Gasteiger partial charge on any atom is 0.0349 e. The lowest BCUT2D eigenvalue weighted by molar-refractivity contribution is 0.241. The van der Waals surface area contributed by atoms with Gasteiger partial charge in [0.2, 0.25) is 0 Å². The third-order valence-electron chi connectivity index (χ3n) is 4.56. The Kier molecular flexibility index (Phi) is 5.55. The van der Waals surface area contributed by atoms with Gasteiger partial charge in [0.05, 0.1) is 0 Å². The third-order valence-corrected chi connectivity index (χ3v) is 4.56. The van der Waals surface area contributed by atoms with E-state index in [9.17, 15) is 0 Å². The predicted octanol–water partition coefficient (Wildman–Crippen LogP) is 3.37. The molecule has 0 amide bonds. The quantitative estimate of drug-likeness (QED) is 0.776. The van der Waals surface area contributed by atoms with Crippen LogP contribution in [-0.2, 0) is 0 Å². The lowest BCUT2D eigenvalue weighted by Gasteiger charge is -2.26. The van der Waals surface area contributed by atoms with Gasteiger partial charge in [0.25, 0.3) is 0 Å². The Hall–Kier alpha value is -0.930. The smallest absolute Gasteiger partial charge is 0.0349 e. The molecule has 1 atom stereocenters. The van der Waals surface area contributed by atoms with Crippen molar-refractivity contribution in [2.24, 2.45) is 11.1 Å². The summed E-state index contributed by atoms with van der Waals surface area (Å²) in [6.45, 7) is 7.78. The van der Waals surface area contributed by atoms with Gasteiger partial charge in [-0.05, 0) is 68.4 Å². The summed E-state index contributed by atoms with van der Waals surface area (Å²) in [6.07, 6.45) is 10.2. The average Bonchev–Trinajstić information content (AvgIpc) is 2.93. The van der Waals surface area contributed by atoms with Crippen molar-refractivity contribution in [2.75, 3.05) is 19.6 Å². The van der Waals surface area contributed by atoms with Gasteiger partial charge in [-0.25, -0.2) is 0 Å². The highest BCUT2D eigenvalue weighted by molar-refractivity contribution is 5.16. The minimum absolute atomic E-state index is 0.301. The van der Waals surface area contributed by atoms with Crippen molar-refractivity contribution in [2.45, 2.75) is 52.0 Å². The molecule has 0 aromatic carbocycles. The fourth-order valence-corrected chi connectivity index (χ4v) is 3.08. The minimum Gasteiger partial charge on any atom is -0.330 e. The first-order chi connectivity index (χ1) is 9.62. The number of nitrogens with zero attached hydrogens (tertiary/aromatic N) is 2. The van der Waals surface area contributed by atoms with Gasteiger partial charge in [0, 0.05) is 18.4 Å². The van der Waals surface area contributed by atoms with Crippen molar-refractivity contribution in [1.29, 1.82) is 0 Å². The Morgan fingerprint density at radius 2 is 2.05 bits per heavy atom. The van der Waals surface area contributed by atoms with Crippen LogP contribution < -0.4 is 5.73 Å². The molecule has 2 rings (SSSR count). The summed E-state index contributed by atoms with van der Waals surface area (Å²) in [5.41, 5.74) is 7.52. The highest BCUT2D eigenvalue weighted by Gasteiger charge is 2.25. The average molecular weight is 275 g/mol. The third kappa shape index (κ3) is 4.29. The fourth-order valence-electron chi connectivity index (χ4n) is 3.08. The van der Waals surface area contributed by atoms with E-state index in [1.54, 1.807) is 0 Å². The number of hydrogen-bond donors (Lipinski definition) is 1. The number of pyridine rings is 1. The molecule has 3 nitrogen and oxygen atoms in total. The van der Waals surface area contributed by atoms with E-state index >= 15 is 0 Å². The molecule has 1 saturated heterocycles. The molecule has 0 bridgehead atoms. The van der Waals surface area contributed by atoms with Crippen LogP contribution in [0.25, 0.3) is 0 Å². The van der Waals surface area contributed by atoms with Gasteiger partial charge in [-0.15, -0.1) is 0 Å².